The Morgan fingerprint density at radius 3 is 1.82 bits per heavy atom. The summed E-state index contributed by atoms with van der Waals surface area (Å²) in [5.41, 5.74) is -10.5. The molecule has 0 aromatic rings. The summed E-state index contributed by atoms with van der Waals surface area (Å²) in [4.78, 5) is 2.27. The Balaban J connectivity index is 2.67. The van der Waals surface area contributed by atoms with Crippen molar-refractivity contribution in [2.45, 2.75) is 15.9 Å². The summed E-state index contributed by atoms with van der Waals surface area (Å²) < 4.78 is 120. The Kier molecular flexibility index (Phi) is 7.93. The monoisotopic (exact) mass is 452 g/mol. The molecular weight excluding hydrogens is 437 g/mol. The van der Waals surface area contributed by atoms with Crippen LogP contribution in [0.5, 0.6) is 0 Å². The van der Waals surface area contributed by atoms with Gasteiger partial charge in [0.25, 0.3) is 0 Å². The molecule has 0 aromatic heterocycles. The zero-order valence-corrected chi connectivity index (χ0v) is 16.0. The van der Waals surface area contributed by atoms with Crippen molar-refractivity contribution in [1.82, 2.24) is 19.2 Å². The standard InChI is InChI=1S/C11H15F6N4O4S2.Li/c1-2-9-7-20(5-3-18-26(22,23)10(12,13)14)8-21(9)6-4-19-27(24,25)11(15,16)17;/h2,7-8,18-19H,1,3-6H2;. The van der Waals surface area contributed by atoms with Crippen molar-refractivity contribution < 1.29 is 43.2 Å². The molecule has 0 fully saturated rings. The third-order valence-electron chi connectivity index (χ3n) is 3.69. The Morgan fingerprint density at radius 2 is 1.43 bits per heavy atom. The van der Waals surface area contributed by atoms with Gasteiger partial charge in [-0.3, -0.25) is 0 Å². The van der Waals surface area contributed by atoms with Gasteiger partial charge >= 0.3 is 167 Å². The Bertz CT molecular complexity index is 812. The van der Waals surface area contributed by atoms with Gasteiger partial charge in [0.15, 0.2) is 0 Å². The summed E-state index contributed by atoms with van der Waals surface area (Å²) in [5, 5.41) is 0. The number of allylic oxidation sites excluding steroid dienone is 1. The van der Waals surface area contributed by atoms with Crippen molar-refractivity contribution in [3.05, 3.63) is 24.6 Å². The normalized spacial score (nSPS) is 19.1. The summed E-state index contributed by atoms with van der Waals surface area (Å²) in [6.45, 7) is 1.94. The Labute approximate surface area is 166 Å². The molecule has 0 bridgehead atoms. The molecule has 158 valence electrons. The number of hydrogen-bond acceptors (Lipinski definition) is 6. The number of hydrogen-bond donors (Lipinski definition) is 2. The van der Waals surface area contributed by atoms with Crippen LogP contribution in [0, 0.1) is 0 Å². The summed E-state index contributed by atoms with van der Waals surface area (Å²) >= 11 is 1.55. The van der Waals surface area contributed by atoms with Gasteiger partial charge in [-0.15, -0.1) is 0 Å². The number of rotatable bonds is 9. The maximum atomic E-state index is 12.3. The van der Waals surface area contributed by atoms with Crippen molar-refractivity contribution in [2.24, 2.45) is 0 Å². The first-order valence-electron chi connectivity index (χ1n) is 7.52. The van der Waals surface area contributed by atoms with E-state index in [0.717, 1.165) is 0 Å². The zero-order valence-electron chi connectivity index (χ0n) is 14.4. The molecule has 28 heavy (non-hydrogen) atoms. The van der Waals surface area contributed by atoms with Gasteiger partial charge in [0.1, 0.15) is 0 Å². The first-order chi connectivity index (χ1) is 12.5. The van der Waals surface area contributed by atoms with Crippen LogP contribution < -0.4 is 9.44 Å². The van der Waals surface area contributed by atoms with Crippen molar-refractivity contribution in [3.63, 3.8) is 0 Å². The summed E-state index contributed by atoms with van der Waals surface area (Å²) in [6, 6.07) is 0. The molecule has 0 radical (unpaired) electrons. The summed E-state index contributed by atoms with van der Waals surface area (Å²) in [5.74, 6) is 0. The molecule has 0 spiro atoms. The van der Waals surface area contributed by atoms with Crippen LogP contribution in [0.3, 0.4) is 0 Å². The molecule has 1 rings (SSSR count). The summed E-state index contributed by atoms with van der Waals surface area (Å²) in [7, 11) is -11.0. The molecule has 0 saturated heterocycles. The third-order valence-corrected chi connectivity index (χ3v) is 6.07. The van der Waals surface area contributed by atoms with E-state index in [4.69, 9.17) is 0 Å². The van der Waals surface area contributed by atoms with E-state index < -0.39 is 49.0 Å². The average molecular weight is 452 g/mol. The Hall–Kier alpha value is -0.923. The van der Waals surface area contributed by atoms with Gasteiger partial charge in [-0.25, -0.2) is 0 Å². The van der Waals surface area contributed by atoms with Crippen molar-refractivity contribution in [2.75, 3.05) is 26.2 Å². The van der Waals surface area contributed by atoms with E-state index in [9.17, 15) is 43.2 Å². The number of nitrogens with zero attached hydrogens (tertiary/aromatic N) is 2. The van der Waals surface area contributed by atoms with E-state index in [1.165, 1.54) is 31.5 Å². The predicted octanol–water partition coefficient (Wildman–Crippen LogP) is -0.0381. The van der Waals surface area contributed by atoms with Crippen LogP contribution in [0.1, 0.15) is 0 Å². The van der Waals surface area contributed by atoms with Crippen LogP contribution in [-0.2, 0) is 20.0 Å². The third kappa shape index (κ3) is 6.04. The molecule has 0 amide bonds. The van der Waals surface area contributed by atoms with Crippen LogP contribution in [0.25, 0.3) is 0 Å². The minimum absolute atomic E-state index is 0.182. The van der Waals surface area contributed by atoms with Gasteiger partial charge in [0, 0.05) is 0 Å². The second kappa shape index (κ2) is 8.84. The predicted molar refractivity (Wildman–Crippen MR) is 87.2 cm³/mol. The number of sulfonamides is 2. The second-order valence-electron chi connectivity index (χ2n) is 5.51. The van der Waals surface area contributed by atoms with Crippen LogP contribution in [0.2, 0.25) is 0 Å². The van der Waals surface area contributed by atoms with E-state index in [0.29, 0.717) is 5.70 Å². The number of nitrogens with one attached hydrogen (secondary N) is 2. The molecule has 1 aliphatic rings. The first-order valence-corrected chi connectivity index (χ1v) is 10.5. The fourth-order valence-electron chi connectivity index (χ4n) is 2.26. The zero-order chi connectivity index (χ0) is 22.0. The Morgan fingerprint density at radius 1 is 1.00 bits per heavy atom. The van der Waals surface area contributed by atoms with Gasteiger partial charge < -0.3 is 0 Å². The molecular formula is C11H15F6LiN4O4S2. The van der Waals surface area contributed by atoms with Crippen LogP contribution >= 0.6 is 0 Å². The van der Waals surface area contributed by atoms with E-state index in [-0.39, 0.29) is 13.1 Å². The molecule has 1 unspecified atom stereocenters. The maximum absolute atomic E-state index is 12.3. The van der Waals surface area contributed by atoms with E-state index in [1.54, 1.807) is 17.7 Å². The number of halogens is 6. The number of alkyl halides is 6. The van der Waals surface area contributed by atoms with Gasteiger partial charge in [0.2, 0.25) is 0 Å². The fourth-order valence-corrected chi connectivity index (χ4v) is 3.30. The van der Waals surface area contributed by atoms with Gasteiger partial charge in [-0.05, 0) is 0 Å². The average Bonchev–Trinajstić information content (AvgIpc) is 2.81. The molecule has 0 aliphatic carbocycles. The second-order valence-corrected chi connectivity index (χ2v) is 9.03. The quantitative estimate of drug-likeness (QED) is 0.377. The van der Waals surface area contributed by atoms with Crippen LogP contribution in [-0.4, -0.2) is 86.4 Å². The SMILES string of the molecule is [Li][CH]1N(CCNS(=O)(=O)C(F)(F)F)C=C(C=C)N1CCNS(=O)(=O)C(F)(F)F. The molecule has 1 heterocycles. The summed E-state index contributed by atoms with van der Waals surface area (Å²) in [6.07, 6.45) is 2.73. The van der Waals surface area contributed by atoms with E-state index >= 15 is 0 Å². The fraction of sp³-hybridized carbons (Fsp3) is 0.636. The first kappa shape index (κ1) is 25.1. The van der Waals surface area contributed by atoms with Crippen molar-refractivity contribution in [3.8, 4) is 0 Å². The van der Waals surface area contributed by atoms with Gasteiger partial charge in [0.05, 0.1) is 0 Å². The van der Waals surface area contributed by atoms with E-state index in [1.807, 2.05) is 0 Å². The van der Waals surface area contributed by atoms with Gasteiger partial charge in [-0.2, -0.15) is 0 Å². The molecule has 2 N–H and O–H groups in total. The van der Waals surface area contributed by atoms with Gasteiger partial charge in [-0.1, -0.05) is 0 Å². The molecule has 0 aromatic carbocycles. The van der Waals surface area contributed by atoms with Crippen molar-refractivity contribution in [1.29, 1.82) is 0 Å². The minimum atomic E-state index is -5.51. The van der Waals surface area contributed by atoms with Crippen LogP contribution in [0.4, 0.5) is 26.3 Å². The molecule has 0 saturated carbocycles. The van der Waals surface area contributed by atoms with Crippen LogP contribution in [0.15, 0.2) is 24.6 Å². The van der Waals surface area contributed by atoms with E-state index in [2.05, 4.69) is 6.58 Å². The topological polar surface area (TPSA) is 98.8 Å². The molecule has 1 aliphatic heterocycles. The molecule has 1 atom stereocenters. The molecule has 8 nitrogen and oxygen atoms in total. The van der Waals surface area contributed by atoms with Crippen molar-refractivity contribution >= 4 is 37.8 Å². The molecule has 17 heteroatoms.